The molecule has 1 atom stereocenters. The van der Waals surface area contributed by atoms with Crippen LogP contribution >= 0.6 is 15.9 Å². The first-order chi connectivity index (χ1) is 7.10. The topological polar surface area (TPSA) is 52.3 Å². The van der Waals surface area contributed by atoms with E-state index in [1.807, 2.05) is 25.1 Å². The summed E-state index contributed by atoms with van der Waals surface area (Å²) in [6.45, 7) is 1.93. The van der Waals surface area contributed by atoms with Crippen LogP contribution in [0.3, 0.4) is 0 Å². The van der Waals surface area contributed by atoms with Crippen molar-refractivity contribution in [3.63, 3.8) is 0 Å². The van der Waals surface area contributed by atoms with Gasteiger partial charge in [-0.1, -0.05) is 28.9 Å². The summed E-state index contributed by atoms with van der Waals surface area (Å²) < 4.78 is 6.14. The summed E-state index contributed by atoms with van der Waals surface area (Å²) in [5.41, 5.74) is 6.18. The van der Waals surface area contributed by atoms with Gasteiger partial charge in [0.1, 0.15) is 5.75 Å². The third-order valence-corrected chi connectivity index (χ3v) is 2.82. The average Bonchev–Trinajstić information content (AvgIpc) is 2.20. The Morgan fingerprint density at radius 2 is 2.27 bits per heavy atom. The predicted molar refractivity (Wildman–Crippen MR) is 62.9 cm³/mol. The molecule has 3 nitrogen and oxygen atoms in total. The lowest BCUT2D eigenvalue weighted by molar-refractivity contribution is -0.119. The zero-order chi connectivity index (χ0) is 11.4. The standard InChI is InChI=1S/C11H14BrNO2/c1-3-8(11(13)14)9-5-4-7(12)6-10(9)15-2/h4-6,8H,3H2,1-2H3,(H2,13,14). The van der Waals surface area contributed by atoms with Gasteiger partial charge in [-0.2, -0.15) is 0 Å². The molecule has 4 heteroatoms. The number of nitrogens with two attached hydrogens (primary N) is 1. The highest BCUT2D eigenvalue weighted by Crippen LogP contribution is 2.31. The van der Waals surface area contributed by atoms with Gasteiger partial charge in [0.15, 0.2) is 0 Å². The molecule has 0 bridgehead atoms. The van der Waals surface area contributed by atoms with E-state index in [1.165, 1.54) is 0 Å². The molecule has 82 valence electrons. The molecule has 1 aromatic rings. The zero-order valence-corrected chi connectivity index (χ0v) is 10.4. The number of methoxy groups -OCH3 is 1. The molecule has 0 aliphatic heterocycles. The highest BCUT2D eigenvalue weighted by atomic mass is 79.9. The normalized spacial score (nSPS) is 12.2. The maximum atomic E-state index is 11.2. The van der Waals surface area contributed by atoms with Crippen LogP contribution in [0, 0.1) is 0 Å². The van der Waals surface area contributed by atoms with Crippen molar-refractivity contribution in [2.45, 2.75) is 19.3 Å². The van der Waals surface area contributed by atoms with Crippen molar-refractivity contribution >= 4 is 21.8 Å². The maximum absolute atomic E-state index is 11.2. The van der Waals surface area contributed by atoms with Gasteiger partial charge in [0.05, 0.1) is 13.0 Å². The smallest absolute Gasteiger partial charge is 0.225 e. The van der Waals surface area contributed by atoms with Crippen LogP contribution in [0.4, 0.5) is 0 Å². The molecule has 0 aliphatic carbocycles. The quantitative estimate of drug-likeness (QED) is 0.915. The van der Waals surface area contributed by atoms with Crippen LogP contribution in [0.1, 0.15) is 24.8 Å². The van der Waals surface area contributed by atoms with E-state index in [4.69, 9.17) is 10.5 Å². The van der Waals surface area contributed by atoms with E-state index in [9.17, 15) is 4.79 Å². The second-order valence-corrected chi connectivity index (χ2v) is 4.17. The molecular formula is C11H14BrNO2. The fourth-order valence-electron chi connectivity index (χ4n) is 1.55. The van der Waals surface area contributed by atoms with Gasteiger partial charge in [0, 0.05) is 10.0 Å². The Morgan fingerprint density at radius 1 is 1.60 bits per heavy atom. The molecule has 0 spiro atoms. The number of primary amides is 1. The van der Waals surface area contributed by atoms with Crippen LogP contribution in [-0.2, 0) is 4.79 Å². The van der Waals surface area contributed by atoms with E-state index in [2.05, 4.69) is 15.9 Å². The monoisotopic (exact) mass is 271 g/mol. The summed E-state index contributed by atoms with van der Waals surface area (Å²) in [5, 5.41) is 0. The Hall–Kier alpha value is -1.03. The largest absolute Gasteiger partial charge is 0.496 e. The van der Waals surface area contributed by atoms with E-state index < -0.39 is 0 Å². The van der Waals surface area contributed by atoms with Crippen molar-refractivity contribution < 1.29 is 9.53 Å². The third kappa shape index (κ3) is 2.72. The number of halogens is 1. The van der Waals surface area contributed by atoms with Gasteiger partial charge in [-0.05, 0) is 18.6 Å². The molecular weight excluding hydrogens is 258 g/mol. The van der Waals surface area contributed by atoms with E-state index in [1.54, 1.807) is 7.11 Å². The van der Waals surface area contributed by atoms with E-state index in [0.717, 1.165) is 10.0 Å². The molecule has 0 radical (unpaired) electrons. The Balaban J connectivity index is 3.16. The first kappa shape index (κ1) is 12.0. The summed E-state index contributed by atoms with van der Waals surface area (Å²) in [6.07, 6.45) is 0.674. The molecule has 2 N–H and O–H groups in total. The lowest BCUT2D eigenvalue weighted by Crippen LogP contribution is -2.21. The first-order valence-electron chi connectivity index (χ1n) is 4.72. The number of rotatable bonds is 4. The summed E-state index contributed by atoms with van der Waals surface area (Å²) in [6, 6.07) is 5.58. The van der Waals surface area contributed by atoms with Gasteiger partial charge in [-0.15, -0.1) is 0 Å². The van der Waals surface area contributed by atoms with Crippen molar-refractivity contribution in [3.05, 3.63) is 28.2 Å². The van der Waals surface area contributed by atoms with Gasteiger partial charge in [0.25, 0.3) is 0 Å². The van der Waals surface area contributed by atoms with Gasteiger partial charge in [-0.25, -0.2) is 0 Å². The van der Waals surface area contributed by atoms with Crippen molar-refractivity contribution in [1.82, 2.24) is 0 Å². The van der Waals surface area contributed by atoms with E-state index >= 15 is 0 Å². The van der Waals surface area contributed by atoms with Gasteiger partial charge in [-0.3, -0.25) is 4.79 Å². The number of hydrogen-bond acceptors (Lipinski definition) is 2. The van der Waals surface area contributed by atoms with Crippen LogP contribution in [0.2, 0.25) is 0 Å². The van der Waals surface area contributed by atoms with Crippen LogP contribution in [0.15, 0.2) is 22.7 Å². The number of ether oxygens (including phenoxy) is 1. The Bertz CT molecular complexity index is 366. The van der Waals surface area contributed by atoms with Gasteiger partial charge < -0.3 is 10.5 Å². The Morgan fingerprint density at radius 3 is 2.73 bits per heavy atom. The number of carbonyl (C=O) groups is 1. The molecule has 15 heavy (non-hydrogen) atoms. The molecule has 0 heterocycles. The lowest BCUT2D eigenvalue weighted by atomic mass is 9.95. The maximum Gasteiger partial charge on any atom is 0.225 e. The molecule has 0 fully saturated rings. The van der Waals surface area contributed by atoms with Crippen LogP contribution in [0.25, 0.3) is 0 Å². The van der Waals surface area contributed by atoms with Crippen LogP contribution in [0.5, 0.6) is 5.75 Å². The molecule has 0 aliphatic rings. The van der Waals surface area contributed by atoms with Crippen LogP contribution in [-0.4, -0.2) is 13.0 Å². The fourth-order valence-corrected chi connectivity index (χ4v) is 1.89. The number of carbonyl (C=O) groups excluding carboxylic acids is 1. The molecule has 0 saturated carbocycles. The second kappa shape index (κ2) is 5.16. The van der Waals surface area contributed by atoms with E-state index in [-0.39, 0.29) is 11.8 Å². The summed E-state index contributed by atoms with van der Waals surface area (Å²) in [7, 11) is 1.58. The SMILES string of the molecule is CCC(C(N)=O)c1ccc(Br)cc1OC. The first-order valence-corrected chi connectivity index (χ1v) is 5.52. The summed E-state index contributed by atoms with van der Waals surface area (Å²) in [4.78, 5) is 11.2. The second-order valence-electron chi connectivity index (χ2n) is 3.25. The van der Waals surface area contributed by atoms with E-state index in [0.29, 0.717) is 12.2 Å². The highest BCUT2D eigenvalue weighted by molar-refractivity contribution is 9.10. The fraction of sp³-hybridized carbons (Fsp3) is 0.364. The molecule has 1 amide bonds. The van der Waals surface area contributed by atoms with Crippen molar-refractivity contribution in [1.29, 1.82) is 0 Å². The minimum absolute atomic E-state index is 0.284. The minimum atomic E-state index is -0.321. The molecule has 1 aromatic carbocycles. The van der Waals surface area contributed by atoms with Crippen molar-refractivity contribution in [3.8, 4) is 5.75 Å². The highest BCUT2D eigenvalue weighted by Gasteiger charge is 2.19. The van der Waals surface area contributed by atoms with Gasteiger partial charge >= 0.3 is 0 Å². The Kier molecular flexibility index (Phi) is 4.15. The molecule has 0 aromatic heterocycles. The minimum Gasteiger partial charge on any atom is -0.496 e. The molecule has 0 saturated heterocycles. The predicted octanol–water partition coefficient (Wildman–Crippen LogP) is 2.44. The summed E-state index contributed by atoms with van der Waals surface area (Å²) >= 11 is 3.35. The van der Waals surface area contributed by atoms with Crippen molar-refractivity contribution in [2.75, 3.05) is 7.11 Å². The molecule has 1 unspecified atom stereocenters. The van der Waals surface area contributed by atoms with Crippen molar-refractivity contribution in [2.24, 2.45) is 5.73 Å². The third-order valence-electron chi connectivity index (χ3n) is 2.32. The average molecular weight is 272 g/mol. The number of benzene rings is 1. The van der Waals surface area contributed by atoms with Crippen LogP contribution < -0.4 is 10.5 Å². The van der Waals surface area contributed by atoms with Gasteiger partial charge in [0.2, 0.25) is 5.91 Å². The lowest BCUT2D eigenvalue weighted by Gasteiger charge is -2.15. The number of amides is 1. The molecule has 1 rings (SSSR count). The Labute approximate surface area is 97.7 Å². The summed E-state index contributed by atoms with van der Waals surface area (Å²) in [5.74, 6) is 0.0844. The number of hydrogen-bond donors (Lipinski definition) is 1. The zero-order valence-electron chi connectivity index (χ0n) is 8.79.